The zero-order valence-corrected chi connectivity index (χ0v) is 24.4. The maximum atomic E-state index is 15.2. The van der Waals surface area contributed by atoms with Crippen molar-refractivity contribution in [1.29, 1.82) is 0 Å². The number of nitrogens with one attached hydrogen (secondary N) is 4. The molecule has 1 aliphatic heterocycles. The minimum Gasteiger partial charge on any atom is -0.364 e. The lowest BCUT2D eigenvalue weighted by Crippen LogP contribution is -2.22. The lowest BCUT2D eigenvalue weighted by molar-refractivity contribution is 0.616. The summed E-state index contributed by atoms with van der Waals surface area (Å²) in [5.74, 6) is -0.625. The highest BCUT2D eigenvalue weighted by Gasteiger charge is 2.33. The van der Waals surface area contributed by atoms with Crippen LogP contribution < -0.4 is 0 Å². The average Bonchev–Trinajstić information content (AvgIpc) is 3.83. The quantitative estimate of drug-likeness (QED) is 0.116. The van der Waals surface area contributed by atoms with E-state index in [1.54, 1.807) is 24.5 Å². The Morgan fingerprint density at radius 2 is 1.21 bits per heavy atom. The molecule has 0 atom stereocenters. The average molecular weight is 635 g/mol. The van der Waals surface area contributed by atoms with Crippen LogP contribution in [-0.4, -0.2) is 37.5 Å². The van der Waals surface area contributed by atoms with Crippen molar-refractivity contribution in [3.8, 4) is 0 Å². The zero-order chi connectivity index (χ0) is 29.3. The van der Waals surface area contributed by atoms with Crippen LogP contribution >= 0.6 is 15.9 Å². The van der Waals surface area contributed by atoms with Crippen molar-refractivity contribution in [2.45, 2.75) is 11.8 Å². The fourth-order valence-electron chi connectivity index (χ4n) is 5.91. The summed E-state index contributed by atoms with van der Waals surface area (Å²) in [6.45, 7) is 0. The second-order valence-electron chi connectivity index (χ2n) is 10.3. The molecule has 0 saturated carbocycles. The van der Waals surface area contributed by atoms with Crippen LogP contribution in [0, 0.1) is 0 Å². The Hall–Kier alpha value is -4.83. The number of rotatable bonds is 9. The summed E-state index contributed by atoms with van der Waals surface area (Å²) in [5.41, 5.74) is 7.27. The molecule has 4 N–H and O–H groups in total. The Balaban J connectivity index is 1.43. The molecule has 0 saturated heterocycles. The molecule has 43 heavy (non-hydrogen) atoms. The minimum absolute atomic E-state index is 0.174. The minimum atomic E-state index is -2.79. The van der Waals surface area contributed by atoms with E-state index in [4.69, 9.17) is 4.99 Å². The van der Waals surface area contributed by atoms with Crippen molar-refractivity contribution in [3.05, 3.63) is 172 Å². The number of aromatic nitrogens is 5. The maximum Gasteiger partial charge on any atom is 0.677 e. The highest BCUT2D eigenvalue weighted by molar-refractivity contribution is 9.10. The Kier molecular flexibility index (Phi) is 7.20. The lowest BCUT2D eigenvalue weighted by Gasteiger charge is -2.20. The Morgan fingerprint density at radius 1 is 0.674 bits per heavy atom. The highest BCUT2D eigenvalue weighted by atomic mass is 79.9. The summed E-state index contributed by atoms with van der Waals surface area (Å²) < 4.78 is 32.5. The van der Waals surface area contributed by atoms with E-state index in [1.807, 2.05) is 97.3 Å². The van der Waals surface area contributed by atoms with Gasteiger partial charge in [0.2, 0.25) is 0 Å². The highest BCUT2D eigenvalue weighted by Crippen LogP contribution is 2.39. The van der Waals surface area contributed by atoms with Crippen molar-refractivity contribution >= 4 is 34.6 Å². The van der Waals surface area contributed by atoms with Crippen molar-refractivity contribution in [2.75, 3.05) is 0 Å². The van der Waals surface area contributed by atoms with Gasteiger partial charge >= 0.3 is 7.40 Å². The molecule has 0 radical (unpaired) electrons. The topological polar surface area (TPSA) is 80.4 Å². The molecule has 0 fully saturated rings. The predicted molar refractivity (Wildman–Crippen MR) is 170 cm³/mol. The molecular weight excluding hydrogens is 609 g/mol. The van der Waals surface area contributed by atoms with Crippen LogP contribution in [0.5, 0.6) is 0 Å². The van der Waals surface area contributed by atoms with E-state index >= 15 is 8.63 Å². The maximum absolute atomic E-state index is 15.2. The lowest BCUT2D eigenvalue weighted by atomic mass is 9.95. The normalized spacial score (nSPS) is 14.2. The molecule has 1 aromatic carbocycles. The monoisotopic (exact) mass is 634 g/mol. The number of halogens is 3. The predicted octanol–water partition coefficient (Wildman–Crippen LogP) is 8.12. The Labute approximate surface area is 255 Å². The standard InChI is InChI=1S/C33H26BBrF2N6/c35-22-11-9-21(10-12-22)31(27-13-14-28(42-27)32(23-5-1-17-38-23)24-6-2-18-39-24)29-15-16-30(43(29)34(36)37)33(25-7-3-19-40-25)26-8-4-20-41-26/h1-20,32-33,38-41H/b31-27+. The van der Waals surface area contributed by atoms with Gasteiger partial charge in [0.25, 0.3) is 0 Å². The fourth-order valence-corrected chi connectivity index (χ4v) is 6.17. The number of hydrogen-bond acceptors (Lipinski definition) is 1. The molecule has 0 spiro atoms. The molecule has 6 nitrogen and oxygen atoms in total. The van der Waals surface area contributed by atoms with Gasteiger partial charge in [0, 0.05) is 69.0 Å². The number of H-pyrrole nitrogens is 4. The third-order valence-electron chi connectivity index (χ3n) is 7.78. The van der Waals surface area contributed by atoms with Gasteiger partial charge < -0.3 is 24.4 Å². The second-order valence-corrected chi connectivity index (χ2v) is 11.2. The number of hydrogen-bond donors (Lipinski definition) is 4. The van der Waals surface area contributed by atoms with E-state index in [2.05, 4.69) is 35.9 Å². The molecule has 5 aromatic heterocycles. The number of aromatic amines is 4. The largest absolute Gasteiger partial charge is 0.677 e. The van der Waals surface area contributed by atoms with Gasteiger partial charge in [-0.15, -0.1) is 0 Å². The van der Waals surface area contributed by atoms with Crippen LogP contribution in [0.1, 0.15) is 51.6 Å². The number of benzene rings is 1. The number of nitrogens with zero attached hydrogens (tertiary/aromatic N) is 2. The summed E-state index contributed by atoms with van der Waals surface area (Å²) in [5, 5.41) is 0. The Bertz CT molecular complexity index is 1830. The van der Waals surface area contributed by atoms with Crippen LogP contribution in [-0.2, 0) is 0 Å². The first-order valence-electron chi connectivity index (χ1n) is 13.9. The van der Waals surface area contributed by atoms with E-state index in [0.717, 1.165) is 43.0 Å². The summed E-state index contributed by atoms with van der Waals surface area (Å²) in [4.78, 5) is 18.2. The first kappa shape index (κ1) is 27.0. The summed E-state index contributed by atoms with van der Waals surface area (Å²) in [6.07, 6.45) is 11.3. The molecule has 212 valence electrons. The van der Waals surface area contributed by atoms with Gasteiger partial charge in [0.15, 0.2) is 0 Å². The summed E-state index contributed by atoms with van der Waals surface area (Å²) in [7, 11) is -2.79. The van der Waals surface area contributed by atoms with Crippen molar-refractivity contribution in [3.63, 3.8) is 0 Å². The molecule has 0 aliphatic carbocycles. The third-order valence-corrected chi connectivity index (χ3v) is 8.30. The van der Waals surface area contributed by atoms with Gasteiger partial charge in [-0.25, -0.2) is 0 Å². The number of aliphatic imine (C=N–C) groups is 1. The van der Waals surface area contributed by atoms with Crippen molar-refractivity contribution in [2.24, 2.45) is 4.99 Å². The van der Waals surface area contributed by atoms with Crippen LogP contribution in [0.25, 0.3) is 5.57 Å². The van der Waals surface area contributed by atoms with Gasteiger partial charge in [-0.05, 0) is 90.5 Å². The molecule has 0 bridgehead atoms. The first-order valence-corrected chi connectivity index (χ1v) is 14.7. The van der Waals surface area contributed by atoms with Crippen LogP contribution in [0.2, 0.25) is 0 Å². The van der Waals surface area contributed by atoms with Crippen LogP contribution in [0.15, 0.2) is 137 Å². The van der Waals surface area contributed by atoms with E-state index < -0.39 is 13.3 Å². The summed E-state index contributed by atoms with van der Waals surface area (Å²) in [6, 6.07) is 26.8. The smallest absolute Gasteiger partial charge is 0.364 e. The Morgan fingerprint density at radius 3 is 1.70 bits per heavy atom. The van der Waals surface area contributed by atoms with Crippen molar-refractivity contribution in [1.82, 2.24) is 24.4 Å². The van der Waals surface area contributed by atoms with E-state index in [9.17, 15) is 0 Å². The van der Waals surface area contributed by atoms with Gasteiger partial charge in [-0.2, -0.15) is 0 Å². The van der Waals surface area contributed by atoms with Crippen molar-refractivity contribution < 1.29 is 8.63 Å². The molecule has 7 rings (SSSR count). The van der Waals surface area contributed by atoms with E-state index in [-0.39, 0.29) is 5.92 Å². The molecule has 0 unspecified atom stereocenters. The number of allylic oxidation sites excluding steroid dienone is 2. The third kappa shape index (κ3) is 5.08. The van der Waals surface area contributed by atoms with E-state index in [0.29, 0.717) is 22.7 Å². The molecule has 6 heterocycles. The van der Waals surface area contributed by atoms with Crippen LogP contribution in [0.3, 0.4) is 0 Å². The van der Waals surface area contributed by atoms with Gasteiger partial charge in [0.05, 0.1) is 23.2 Å². The molecule has 1 aliphatic rings. The van der Waals surface area contributed by atoms with Gasteiger partial charge in [0.1, 0.15) is 0 Å². The van der Waals surface area contributed by atoms with E-state index in [1.165, 1.54) is 0 Å². The first-order chi connectivity index (χ1) is 21.1. The molecule has 0 amide bonds. The zero-order valence-electron chi connectivity index (χ0n) is 22.8. The SMILES string of the molecule is FB(F)n1c(/C(=C2\C=CC(C(c3ccc[nH]3)c3ccc[nH]3)=N2)c2ccc(Br)cc2)ccc1C(c1ccc[nH]1)c1ccc[nH]1. The molecule has 10 heteroatoms. The van der Waals surface area contributed by atoms with Gasteiger partial charge in [-0.3, -0.25) is 13.6 Å². The molecular formula is C33H26BBrF2N6. The summed E-state index contributed by atoms with van der Waals surface area (Å²) >= 11 is 3.52. The van der Waals surface area contributed by atoms with Gasteiger partial charge in [-0.1, -0.05) is 28.1 Å². The fraction of sp³-hybridized carbons (Fsp3) is 0.0606. The molecule has 6 aromatic rings. The van der Waals surface area contributed by atoms with Crippen LogP contribution in [0.4, 0.5) is 8.63 Å². The second kappa shape index (κ2) is 11.5.